The molecule has 1 N–H and O–H groups in total. The standard InChI is InChI=1S/C11H15N3S2/c1-14(2)11-13-10(8-16-11)6-12-5-9-3-4-15-7-9/h3-4,7-8,12H,5-6H2,1-2H3. The van der Waals surface area contributed by atoms with Gasteiger partial charge < -0.3 is 10.2 Å². The summed E-state index contributed by atoms with van der Waals surface area (Å²) >= 11 is 3.42. The van der Waals surface area contributed by atoms with Crippen LogP contribution >= 0.6 is 22.7 Å². The lowest BCUT2D eigenvalue weighted by Crippen LogP contribution is -2.13. The molecule has 3 nitrogen and oxygen atoms in total. The minimum Gasteiger partial charge on any atom is -0.354 e. The first-order valence-electron chi connectivity index (χ1n) is 5.09. The first-order valence-corrected chi connectivity index (χ1v) is 6.91. The van der Waals surface area contributed by atoms with Gasteiger partial charge in [0.25, 0.3) is 0 Å². The highest BCUT2D eigenvalue weighted by atomic mass is 32.1. The second-order valence-electron chi connectivity index (χ2n) is 3.75. The van der Waals surface area contributed by atoms with Crippen LogP contribution in [0.15, 0.2) is 22.2 Å². The average molecular weight is 253 g/mol. The zero-order chi connectivity index (χ0) is 11.4. The van der Waals surface area contributed by atoms with Crippen LogP contribution in [-0.2, 0) is 13.1 Å². The van der Waals surface area contributed by atoms with Crippen LogP contribution in [0.2, 0.25) is 0 Å². The quantitative estimate of drug-likeness (QED) is 0.887. The highest BCUT2D eigenvalue weighted by molar-refractivity contribution is 7.13. The van der Waals surface area contributed by atoms with Crippen LogP contribution in [0.1, 0.15) is 11.3 Å². The highest BCUT2D eigenvalue weighted by Gasteiger charge is 2.02. The molecular weight excluding hydrogens is 238 g/mol. The Balaban J connectivity index is 1.81. The molecule has 2 rings (SSSR count). The molecule has 86 valence electrons. The molecule has 0 aliphatic rings. The van der Waals surface area contributed by atoms with E-state index < -0.39 is 0 Å². The van der Waals surface area contributed by atoms with E-state index in [1.807, 2.05) is 19.0 Å². The molecule has 0 atom stereocenters. The summed E-state index contributed by atoms with van der Waals surface area (Å²) < 4.78 is 0. The minimum atomic E-state index is 0.834. The fourth-order valence-electron chi connectivity index (χ4n) is 1.31. The van der Waals surface area contributed by atoms with Gasteiger partial charge in [0.1, 0.15) is 0 Å². The Kier molecular flexibility index (Phi) is 3.93. The number of rotatable bonds is 5. The minimum absolute atomic E-state index is 0.834. The molecule has 0 bridgehead atoms. The molecule has 2 heterocycles. The second-order valence-corrected chi connectivity index (χ2v) is 5.37. The molecule has 0 fully saturated rings. The Hall–Kier alpha value is -0.910. The van der Waals surface area contributed by atoms with Crippen LogP contribution in [-0.4, -0.2) is 19.1 Å². The lowest BCUT2D eigenvalue weighted by atomic mass is 10.3. The smallest absolute Gasteiger partial charge is 0.185 e. The number of hydrogen-bond acceptors (Lipinski definition) is 5. The maximum atomic E-state index is 4.51. The number of nitrogens with one attached hydrogen (secondary N) is 1. The van der Waals surface area contributed by atoms with Crippen LogP contribution in [0.3, 0.4) is 0 Å². The zero-order valence-corrected chi connectivity index (χ0v) is 11.1. The van der Waals surface area contributed by atoms with Crippen LogP contribution in [0.5, 0.6) is 0 Å². The molecule has 2 aromatic rings. The van der Waals surface area contributed by atoms with Crippen molar-refractivity contribution in [2.45, 2.75) is 13.1 Å². The van der Waals surface area contributed by atoms with Crippen LogP contribution in [0, 0.1) is 0 Å². The van der Waals surface area contributed by atoms with Crippen molar-refractivity contribution in [1.82, 2.24) is 10.3 Å². The monoisotopic (exact) mass is 253 g/mol. The SMILES string of the molecule is CN(C)c1nc(CNCc2ccsc2)cs1. The van der Waals surface area contributed by atoms with Gasteiger partial charge in [0, 0.05) is 32.6 Å². The summed E-state index contributed by atoms with van der Waals surface area (Å²) in [4.78, 5) is 6.55. The van der Waals surface area contributed by atoms with Crippen molar-refractivity contribution in [3.8, 4) is 0 Å². The molecule has 0 saturated carbocycles. The first kappa shape index (κ1) is 11.6. The van der Waals surface area contributed by atoms with Gasteiger partial charge in [0.05, 0.1) is 5.69 Å². The van der Waals surface area contributed by atoms with E-state index in [1.54, 1.807) is 22.7 Å². The molecule has 2 aromatic heterocycles. The Morgan fingerprint density at radius 2 is 2.19 bits per heavy atom. The molecule has 0 aliphatic heterocycles. The summed E-state index contributed by atoms with van der Waals surface area (Å²) in [6, 6.07) is 2.14. The van der Waals surface area contributed by atoms with Gasteiger partial charge in [-0.3, -0.25) is 0 Å². The zero-order valence-electron chi connectivity index (χ0n) is 9.43. The summed E-state index contributed by atoms with van der Waals surface area (Å²) in [5, 5.41) is 10.8. The van der Waals surface area contributed by atoms with Gasteiger partial charge in [-0.25, -0.2) is 4.98 Å². The first-order chi connectivity index (χ1) is 7.75. The average Bonchev–Trinajstić information content (AvgIpc) is 2.87. The Labute approximate surface area is 104 Å². The van der Waals surface area contributed by atoms with E-state index in [-0.39, 0.29) is 0 Å². The fourth-order valence-corrected chi connectivity index (χ4v) is 2.74. The normalized spacial score (nSPS) is 10.6. The van der Waals surface area contributed by atoms with Crippen molar-refractivity contribution in [3.63, 3.8) is 0 Å². The highest BCUT2D eigenvalue weighted by Crippen LogP contribution is 2.17. The van der Waals surface area contributed by atoms with Crippen LogP contribution < -0.4 is 10.2 Å². The second kappa shape index (κ2) is 5.43. The van der Waals surface area contributed by atoms with Gasteiger partial charge in [0.15, 0.2) is 5.13 Å². The third-order valence-corrected chi connectivity index (χ3v) is 3.93. The van der Waals surface area contributed by atoms with Crippen molar-refractivity contribution in [1.29, 1.82) is 0 Å². The topological polar surface area (TPSA) is 28.2 Å². The summed E-state index contributed by atoms with van der Waals surface area (Å²) in [5.74, 6) is 0. The number of anilines is 1. The van der Waals surface area contributed by atoms with Gasteiger partial charge in [-0.15, -0.1) is 11.3 Å². The number of aromatic nitrogens is 1. The van der Waals surface area contributed by atoms with E-state index >= 15 is 0 Å². The summed E-state index contributed by atoms with van der Waals surface area (Å²) in [6.07, 6.45) is 0. The van der Waals surface area contributed by atoms with Crippen molar-refractivity contribution in [2.24, 2.45) is 0 Å². The molecule has 0 aliphatic carbocycles. The summed E-state index contributed by atoms with van der Waals surface area (Å²) in [6.45, 7) is 1.75. The van der Waals surface area contributed by atoms with Gasteiger partial charge >= 0.3 is 0 Å². The van der Waals surface area contributed by atoms with E-state index in [1.165, 1.54) is 5.56 Å². The molecular formula is C11H15N3S2. The van der Waals surface area contributed by atoms with E-state index in [4.69, 9.17) is 0 Å². The number of thiophene rings is 1. The maximum Gasteiger partial charge on any atom is 0.185 e. The van der Waals surface area contributed by atoms with E-state index in [9.17, 15) is 0 Å². The van der Waals surface area contributed by atoms with Crippen molar-refractivity contribution >= 4 is 27.8 Å². The lowest BCUT2D eigenvalue weighted by molar-refractivity contribution is 0.684. The molecule has 0 saturated heterocycles. The van der Waals surface area contributed by atoms with Crippen LogP contribution in [0.25, 0.3) is 0 Å². The molecule has 5 heteroatoms. The molecule has 0 spiro atoms. The summed E-state index contributed by atoms with van der Waals surface area (Å²) in [7, 11) is 4.03. The lowest BCUT2D eigenvalue weighted by Gasteiger charge is -2.05. The number of thiazole rings is 1. The van der Waals surface area contributed by atoms with Crippen LogP contribution in [0.4, 0.5) is 5.13 Å². The predicted molar refractivity (Wildman–Crippen MR) is 71.3 cm³/mol. The molecule has 16 heavy (non-hydrogen) atoms. The fraction of sp³-hybridized carbons (Fsp3) is 0.364. The number of nitrogens with zero attached hydrogens (tertiary/aromatic N) is 2. The number of hydrogen-bond donors (Lipinski definition) is 1. The van der Waals surface area contributed by atoms with Gasteiger partial charge in [-0.05, 0) is 22.4 Å². The molecule has 0 radical (unpaired) electrons. The third-order valence-electron chi connectivity index (χ3n) is 2.14. The van der Waals surface area contributed by atoms with Crippen molar-refractivity contribution in [2.75, 3.05) is 19.0 Å². The molecule has 0 aromatic carbocycles. The summed E-state index contributed by atoms with van der Waals surface area (Å²) in [5.41, 5.74) is 2.46. The van der Waals surface area contributed by atoms with Crippen molar-refractivity contribution < 1.29 is 0 Å². The van der Waals surface area contributed by atoms with Gasteiger partial charge in [-0.2, -0.15) is 11.3 Å². The van der Waals surface area contributed by atoms with E-state index in [0.717, 1.165) is 23.9 Å². The third kappa shape index (κ3) is 3.04. The van der Waals surface area contributed by atoms with E-state index in [0.29, 0.717) is 0 Å². The Morgan fingerprint density at radius 1 is 1.31 bits per heavy atom. The maximum absolute atomic E-state index is 4.51. The Morgan fingerprint density at radius 3 is 2.81 bits per heavy atom. The largest absolute Gasteiger partial charge is 0.354 e. The predicted octanol–water partition coefficient (Wildman–Crippen LogP) is 2.56. The Bertz CT molecular complexity index is 420. The van der Waals surface area contributed by atoms with E-state index in [2.05, 4.69) is 32.5 Å². The molecule has 0 unspecified atom stereocenters. The van der Waals surface area contributed by atoms with Crippen molar-refractivity contribution in [3.05, 3.63) is 33.5 Å². The molecule has 0 amide bonds. The van der Waals surface area contributed by atoms with Gasteiger partial charge in [-0.1, -0.05) is 0 Å². The van der Waals surface area contributed by atoms with Gasteiger partial charge in [0.2, 0.25) is 0 Å².